The second kappa shape index (κ2) is 6.93. The van der Waals surface area contributed by atoms with Crippen molar-refractivity contribution < 1.29 is 24.2 Å². The van der Waals surface area contributed by atoms with Crippen LogP contribution in [0.4, 0.5) is 4.79 Å². The average molecular weight is 273 g/mol. The summed E-state index contributed by atoms with van der Waals surface area (Å²) in [5.74, 6) is -1.43. The molecule has 3 amide bonds. The average Bonchev–Trinajstić information content (AvgIpc) is 2.38. The molecule has 0 aromatic heterocycles. The number of amides is 3. The number of nitrogens with one attached hydrogen (secondary N) is 2. The molecule has 0 saturated carbocycles. The maximum absolute atomic E-state index is 11.9. The Morgan fingerprint density at radius 2 is 2.16 bits per heavy atom. The van der Waals surface area contributed by atoms with Crippen LogP contribution in [0.3, 0.4) is 0 Å². The first-order valence-electron chi connectivity index (χ1n) is 6.12. The number of morpholine rings is 1. The molecule has 8 nitrogen and oxygen atoms in total. The number of carbonyl (C=O) groups is 3. The normalized spacial score (nSPS) is 20.5. The Labute approximate surface area is 111 Å². The van der Waals surface area contributed by atoms with Crippen molar-refractivity contribution in [3.8, 4) is 0 Å². The SMILES string of the molecule is CCNC(=O)C1COCCN1C(=O)N[C@H](C)C(=O)O. The van der Waals surface area contributed by atoms with Gasteiger partial charge in [0.15, 0.2) is 0 Å². The van der Waals surface area contributed by atoms with Crippen LogP contribution in [0.1, 0.15) is 13.8 Å². The van der Waals surface area contributed by atoms with Gasteiger partial charge >= 0.3 is 12.0 Å². The molecule has 0 aromatic carbocycles. The van der Waals surface area contributed by atoms with Crippen LogP contribution in [0, 0.1) is 0 Å². The lowest BCUT2D eigenvalue weighted by Crippen LogP contribution is -2.59. The van der Waals surface area contributed by atoms with Crippen LogP contribution in [-0.2, 0) is 14.3 Å². The van der Waals surface area contributed by atoms with Gasteiger partial charge in [-0.05, 0) is 13.8 Å². The van der Waals surface area contributed by atoms with E-state index in [1.165, 1.54) is 11.8 Å². The van der Waals surface area contributed by atoms with Crippen LogP contribution < -0.4 is 10.6 Å². The molecular formula is C11H19N3O5. The fourth-order valence-electron chi connectivity index (χ4n) is 1.69. The van der Waals surface area contributed by atoms with Crippen molar-refractivity contribution >= 4 is 17.9 Å². The first-order valence-corrected chi connectivity index (χ1v) is 6.12. The zero-order valence-electron chi connectivity index (χ0n) is 11.0. The van der Waals surface area contributed by atoms with E-state index in [1.807, 2.05) is 0 Å². The Hall–Kier alpha value is -1.83. The molecule has 2 atom stereocenters. The number of ether oxygens (including phenoxy) is 1. The van der Waals surface area contributed by atoms with E-state index in [-0.39, 0.29) is 19.1 Å². The number of hydrogen-bond acceptors (Lipinski definition) is 4. The van der Waals surface area contributed by atoms with E-state index in [1.54, 1.807) is 6.92 Å². The minimum Gasteiger partial charge on any atom is -0.480 e. The molecule has 3 N–H and O–H groups in total. The summed E-state index contributed by atoms with van der Waals surface area (Å²) in [6, 6.07) is -2.31. The fourth-order valence-corrected chi connectivity index (χ4v) is 1.69. The summed E-state index contributed by atoms with van der Waals surface area (Å²) in [5.41, 5.74) is 0. The lowest BCUT2D eigenvalue weighted by atomic mass is 10.2. The van der Waals surface area contributed by atoms with Crippen molar-refractivity contribution in [1.29, 1.82) is 0 Å². The van der Waals surface area contributed by atoms with Crippen molar-refractivity contribution in [2.24, 2.45) is 0 Å². The van der Waals surface area contributed by atoms with Crippen molar-refractivity contribution in [2.45, 2.75) is 25.9 Å². The number of rotatable bonds is 4. The summed E-state index contributed by atoms with van der Waals surface area (Å²) in [4.78, 5) is 35.7. The molecular weight excluding hydrogens is 254 g/mol. The molecule has 0 aromatic rings. The van der Waals surface area contributed by atoms with Crippen LogP contribution >= 0.6 is 0 Å². The minimum atomic E-state index is -1.13. The molecule has 1 saturated heterocycles. The zero-order chi connectivity index (χ0) is 14.4. The zero-order valence-corrected chi connectivity index (χ0v) is 11.0. The van der Waals surface area contributed by atoms with E-state index in [4.69, 9.17) is 9.84 Å². The summed E-state index contributed by atoms with van der Waals surface area (Å²) in [6.07, 6.45) is 0. The highest BCUT2D eigenvalue weighted by atomic mass is 16.5. The van der Waals surface area contributed by atoms with Gasteiger partial charge in [0.25, 0.3) is 0 Å². The van der Waals surface area contributed by atoms with Gasteiger partial charge in [-0.1, -0.05) is 0 Å². The van der Waals surface area contributed by atoms with Gasteiger partial charge in [-0.3, -0.25) is 9.59 Å². The molecule has 1 heterocycles. The number of aliphatic carboxylic acids is 1. The van der Waals surface area contributed by atoms with Crippen LogP contribution in [-0.4, -0.2) is 66.3 Å². The van der Waals surface area contributed by atoms with E-state index in [2.05, 4.69) is 10.6 Å². The number of hydrogen-bond donors (Lipinski definition) is 3. The molecule has 1 unspecified atom stereocenters. The van der Waals surface area contributed by atoms with E-state index in [9.17, 15) is 14.4 Å². The third kappa shape index (κ3) is 4.09. The number of carbonyl (C=O) groups excluding carboxylic acids is 2. The van der Waals surface area contributed by atoms with E-state index in [0.29, 0.717) is 13.2 Å². The molecule has 1 rings (SSSR count). The highest BCUT2D eigenvalue weighted by Gasteiger charge is 2.33. The predicted molar refractivity (Wildman–Crippen MR) is 65.6 cm³/mol. The minimum absolute atomic E-state index is 0.112. The number of urea groups is 1. The molecule has 1 aliphatic heterocycles. The summed E-state index contributed by atoms with van der Waals surface area (Å²) in [7, 11) is 0. The first kappa shape index (κ1) is 15.2. The van der Waals surface area contributed by atoms with Crippen LogP contribution in [0.5, 0.6) is 0 Å². The second-order valence-corrected chi connectivity index (χ2v) is 4.19. The highest BCUT2D eigenvalue weighted by molar-refractivity contribution is 5.89. The van der Waals surface area contributed by atoms with Crippen LogP contribution in [0.15, 0.2) is 0 Å². The highest BCUT2D eigenvalue weighted by Crippen LogP contribution is 2.08. The van der Waals surface area contributed by atoms with Gasteiger partial charge in [-0.25, -0.2) is 4.79 Å². The third-order valence-electron chi connectivity index (χ3n) is 2.75. The third-order valence-corrected chi connectivity index (χ3v) is 2.75. The maximum atomic E-state index is 11.9. The number of nitrogens with zero attached hydrogens (tertiary/aromatic N) is 1. The summed E-state index contributed by atoms with van der Waals surface area (Å²) in [5, 5.41) is 13.7. The lowest BCUT2D eigenvalue weighted by molar-refractivity contribution is -0.138. The number of carboxylic acids is 1. The molecule has 0 radical (unpaired) electrons. The van der Waals surface area contributed by atoms with Crippen molar-refractivity contribution in [3.05, 3.63) is 0 Å². The van der Waals surface area contributed by atoms with Gasteiger partial charge < -0.3 is 25.4 Å². The summed E-state index contributed by atoms with van der Waals surface area (Å²) < 4.78 is 5.18. The molecule has 1 aliphatic rings. The van der Waals surface area contributed by atoms with Gasteiger partial charge in [0.2, 0.25) is 5.91 Å². The smallest absolute Gasteiger partial charge is 0.325 e. The molecule has 1 fully saturated rings. The fraction of sp³-hybridized carbons (Fsp3) is 0.727. The van der Waals surface area contributed by atoms with Crippen LogP contribution in [0.25, 0.3) is 0 Å². The molecule has 108 valence electrons. The Bertz CT molecular complexity index is 360. The Kier molecular flexibility index (Phi) is 5.56. The summed E-state index contributed by atoms with van der Waals surface area (Å²) in [6.45, 7) is 4.28. The Balaban J connectivity index is 2.68. The van der Waals surface area contributed by atoms with Gasteiger partial charge in [-0.2, -0.15) is 0 Å². The molecule has 19 heavy (non-hydrogen) atoms. The Morgan fingerprint density at radius 1 is 1.47 bits per heavy atom. The molecule has 0 spiro atoms. The van der Waals surface area contributed by atoms with Crippen LogP contribution in [0.2, 0.25) is 0 Å². The van der Waals surface area contributed by atoms with Crippen molar-refractivity contribution in [2.75, 3.05) is 26.3 Å². The second-order valence-electron chi connectivity index (χ2n) is 4.19. The summed E-state index contributed by atoms with van der Waals surface area (Å²) >= 11 is 0. The monoisotopic (exact) mass is 273 g/mol. The van der Waals surface area contributed by atoms with Crippen molar-refractivity contribution in [1.82, 2.24) is 15.5 Å². The van der Waals surface area contributed by atoms with E-state index >= 15 is 0 Å². The topological polar surface area (TPSA) is 108 Å². The number of carboxylic acid groups (broad SMARTS) is 1. The molecule has 0 bridgehead atoms. The van der Waals surface area contributed by atoms with Gasteiger partial charge in [0, 0.05) is 13.1 Å². The standard InChI is InChI=1S/C11H19N3O5/c1-3-12-9(15)8-6-19-5-4-14(8)11(18)13-7(2)10(16)17/h7-8H,3-6H2,1-2H3,(H,12,15)(H,13,18)(H,16,17)/t7-,8?/m1/s1. The number of likely N-dealkylation sites (N-methyl/N-ethyl adjacent to an activating group) is 1. The quantitative estimate of drug-likeness (QED) is 0.609. The lowest BCUT2D eigenvalue weighted by Gasteiger charge is -2.34. The first-order chi connectivity index (χ1) is 8.97. The van der Waals surface area contributed by atoms with Gasteiger partial charge in [0.05, 0.1) is 13.2 Å². The largest absolute Gasteiger partial charge is 0.480 e. The van der Waals surface area contributed by atoms with E-state index in [0.717, 1.165) is 0 Å². The van der Waals surface area contributed by atoms with E-state index < -0.39 is 24.1 Å². The van der Waals surface area contributed by atoms with Gasteiger partial charge in [-0.15, -0.1) is 0 Å². The predicted octanol–water partition coefficient (Wildman–Crippen LogP) is -0.994. The maximum Gasteiger partial charge on any atom is 0.325 e. The van der Waals surface area contributed by atoms with Gasteiger partial charge in [0.1, 0.15) is 12.1 Å². The molecule has 8 heteroatoms. The van der Waals surface area contributed by atoms with Crippen molar-refractivity contribution in [3.63, 3.8) is 0 Å². The molecule has 0 aliphatic carbocycles. The Morgan fingerprint density at radius 3 is 2.74 bits per heavy atom.